The maximum atomic E-state index is 12.9. The number of benzene rings is 1. The predicted octanol–water partition coefficient (Wildman–Crippen LogP) is 0.0520. The fourth-order valence-electron chi connectivity index (χ4n) is 3.70. The van der Waals surface area contributed by atoms with E-state index < -0.39 is 15.9 Å². The van der Waals surface area contributed by atoms with Crippen LogP contribution in [-0.4, -0.2) is 75.9 Å². The molecule has 2 aliphatic rings. The van der Waals surface area contributed by atoms with Gasteiger partial charge in [0, 0.05) is 19.1 Å². The van der Waals surface area contributed by atoms with Crippen molar-refractivity contribution in [2.45, 2.75) is 23.8 Å². The molecule has 28 heavy (non-hydrogen) atoms. The van der Waals surface area contributed by atoms with Crippen LogP contribution in [0, 0.1) is 5.92 Å². The van der Waals surface area contributed by atoms with Crippen molar-refractivity contribution >= 4 is 21.9 Å². The lowest BCUT2D eigenvalue weighted by molar-refractivity contribution is -0.147. The van der Waals surface area contributed by atoms with Crippen molar-refractivity contribution in [3.05, 3.63) is 23.8 Å². The maximum absolute atomic E-state index is 12.9. The van der Waals surface area contributed by atoms with Crippen LogP contribution in [0.3, 0.4) is 0 Å². The third kappa shape index (κ3) is 3.85. The zero-order chi connectivity index (χ0) is 20.5. The number of likely N-dealkylation sites (tertiary alicyclic amines) is 1. The molecular weight excluding hydrogens is 386 g/mol. The molecule has 2 saturated heterocycles. The van der Waals surface area contributed by atoms with Gasteiger partial charge in [0.2, 0.25) is 10.0 Å². The molecule has 2 fully saturated rings. The minimum atomic E-state index is -3.71. The SMILES string of the molecule is COC(=O)C1CCN(C2CN(S(=O)(=O)c3ccc(OC)c(C(N)=O)c3)C2)CC1. The van der Waals surface area contributed by atoms with Crippen molar-refractivity contribution in [3.63, 3.8) is 0 Å². The molecule has 2 aliphatic heterocycles. The second kappa shape index (κ2) is 8.06. The maximum Gasteiger partial charge on any atom is 0.308 e. The van der Waals surface area contributed by atoms with E-state index in [0.717, 1.165) is 25.9 Å². The van der Waals surface area contributed by atoms with Gasteiger partial charge in [-0.3, -0.25) is 14.5 Å². The van der Waals surface area contributed by atoms with Crippen LogP contribution in [0.2, 0.25) is 0 Å². The average molecular weight is 411 g/mol. The molecule has 1 aromatic carbocycles. The van der Waals surface area contributed by atoms with Crippen LogP contribution < -0.4 is 10.5 Å². The molecule has 0 saturated carbocycles. The predicted molar refractivity (Wildman–Crippen MR) is 100 cm³/mol. The Kier molecular flexibility index (Phi) is 5.92. The van der Waals surface area contributed by atoms with E-state index in [9.17, 15) is 18.0 Å². The van der Waals surface area contributed by atoms with Crippen LogP contribution in [0.15, 0.2) is 23.1 Å². The summed E-state index contributed by atoms with van der Waals surface area (Å²) in [6.45, 7) is 2.24. The molecule has 10 heteroatoms. The van der Waals surface area contributed by atoms with E-state index in [1.807, 2.05) is 0 Å². The number of esters is 1. The normalized spacial score (nSPS) is 19.8. The second-order valence-corrected chi connectivity index (χ2v) is 8.97. The van der Waals surface area contributed by atoms with E-state index in [2.05, 4.69) is 4.90 Å². The zero-order valence-electron chi connectivity index (χ0n) is 16.0. The lowest BCUT2D eigenvalue weighted by Gasteiger charge is -2.46. The van der Waals surface area contributed by atoms with E-state index in [0.29, 0.717) is 13.1 Å². The van der Waals surface area contributed by atoms with E-state index >= 15 is 0 Å². The largest absolute Gasteiger partial charge is 0.496 e. The van der Waals surface area contributed by atoms with Gasteiger partial charge in [0.1, 0.15) is 5.75 Å². The number of ether oxygens (including phenoxy) is 2. The van der Waals surface area contributed by atoms with Gasteiger partial charge in [0.05, 0.1) is 30.6 Å². The Morgan fingerprint density at radius 1 is 1.14 bits per heavy atom. The number of amides is 1. The fraction of sp³-hybridized carbons (Fsp3) is 0.556. The zero-order valence-corrected chi connectivity index (χ0v) is 16.8. The molecule has 9 nitrogen and oxygen atoms in total. The molecule has 0 spiro atoms. The van der Waals surface area contributed by atoms with Gasteiger partial charge in [-0.2, -0.15) is 4.31 Å². The van der Waals surface area contributed by atoms with Crippen molar-refractivity contribution in [1.82, 2.24) is 9.21 Å². The monoisotopic (exact) mass is 411 g/mol. The Hall–Kier alpha value is -2.17. The molecule has 2 heterocycles. The van der Waals surface area contributed by atoms with E-state index in [4.69, 9.17) is 15.2 Å². The Bertz CT molecular complexity index is 858. The van der Waals surface area contributed by atoms with Gasteiger partial charge >= 0.3 is 5.97 Å². The van der Waals surface area contributed by atoms with Crippen molar-refractivity contribution in [2.75, 3.05) is 40.4 Å². The number of nitrogens with zero attached hydrogens (tertiary/aromatic N) is 2. The number of rotatable bonds is 6. The summed E-state index contributed by atoms with van der Waals surface area (Å²) < 4.78 is 36.9. The molecule has 3 rings (SSSR count). The van der Waals surface area contributed by atoms with E-state index in [1.165, 1.54) is 36.7 Å². The van der Waals surface area contributed by atoms with Gasteiger partial charge in [-0.05, 0) is 44.1 Å². The van der Waals surface area contributed by atoms with Crippen molar-refractivity contribution in [1.29, 1.82) is 0 Å². The summed E-state index contributed by atoms with van der Waals surface area (Å²) in [5, 5.41) is 0. The first kappa shape index (κ1) is 20.6. The van der Waals surface area contributed by atoms with Crippen LogP contribution >= 0.6 is 0 Å². The lowest BCUT2D eigenvalue weighted by Crippen LogP contribution is -2.62. The molecular formula is C18H25N3O6S. The number of primary amides is 1. The van der Waals surface area contributed by atoms with Crippen LogP contribution in [0.1, 0.15) is 23.2 Å². The van der Waals surface area contributed by atoms with Crippen molar-refractivity contribution in [2.24, 2.45) is 11.7 Å². The summed E-state index contributed by atoms with van der Waals surface area (Å²) in [6.07, 6.45) is 1.44. The van der Waals surface area contributed by atoms with Gasteiger partial charge < -0.3 is 15.2 Å². The number of piperidine rings is 1. The van der Waals surface area contributed by atoms with Crippen LogP contribution in [-0.2, 0) is 19.6 Å². The average Bonchev–Trinajstić information content (AvgIpc) is 2.65. The molecule has 1 amide bonds. The molecule has 0 unspecified atom stereocenters. The number of methoxy groups -OCH3 is 2. The minimum Gasteiger partial charge on any atom is -0.496 e. The lowest BCUT2D eigenvalue weighted by atomic mass is 9.95. The minimum absolute atomic E-state index is 0.0185. The molecule has 0 bridgehead atoms. The highest BCUT2D eigenvalue weighted by molar-refractivity contribution is 7.89. The number of carbonyl (C=O) groups excluding carboxylic acids is 2. The van der Waals surface area contributed by atoms with Crippen molar-refractivity contribution in [3.8, 4) is 5.75 Å². The first-order valence-electron chi connectivity index (χ1n) is 9.07. The number of hydrogen-bond donors (Lipinski definition) is 1. The molecule has 2 N–H and O–H groups in total. The smallest absolute Gasteiger partial charge is 0.308 e. The topological polar surface area (TPSA) is 119 Å². The van der Waals surface area contributed by atoms with E-state index in [1.54, 1.807) is 0 Å². The van der Waals surface area contributed by atoms with Gasteiger partial charge in [0.15, 0.2) is 0 Å². The Balaban J connectivity index is 1.63. The summed E-state index contributed by atoms with van der Waals surface area (Å²) in [4.78, 5) is 25.4. The summed E-state index contributed by atoms with van der Waals surface area (Å²) in [5.74, 6) is -0.764. The van der Waals surface area contributed by atoms with Crippen molar-refractivity contribution < 1.29 is 27.5 Å². The summed E-state index contributed by atoms with van der Waals surface area (Å²) in [6, 6.07) is 4.23. The van der Waals surface area contributed by atoms with Gasteiger partial charge in [-0.25, -0.2) is 8.42 Å². The van der Waals surface area contributed by atoms with Gasteiger partial charge in [0.25, 0.3) is 5.91 Å². The second-order valence-electron chi connectivity index (χ2n) is 7.04. The Morgan fingerprint density at radius 2 is 1.79 bits per heavy atom. The molecule has 154 valence electrons. The highest BCUT2D eigenvalue weighted by Crippen LogP contribution is 2.30. The van der Waals surface area contributed by atoms with Gasteiger partial charge in [-0.15, -0.1) is 0 Å². The van der Waals surface area contributed by atoms with Crippen LogP contribution in [0.4, 0.5) is 0 Å². The summed E-state index contributed by atoms with van der Waals surface area (Å²) in [7, 11) is -0.930. The summed E-state index contributed by atoms with van der Waals surface area (Å²) in [5.41, 5.74) is 5.35. The highest BCUT2D eigenvalue weighted by atomic mass is 32.2. The first-order chi connectivity index (χ1) is 13.3. The summed E-state index contributed by atoms with van der Waals surface area (Å²) >= 11 is 0. The van der Waals surface area contributed by atoms with Gasteiger partial charge in [-0.1, -0.05) is 0 Å². The molecule has 0 radical (unpaired) electrons. The number of sulfonamides is 1. The number of carbonyl (C=O) groups is 2. The molecule has 0 aliphatic carbocycles. The first-order valence-corrected chi connectivity index (χ1v) is 10.5. The Labute approximate surface area is 164 Å². The van der Waals surface area contributed by atoms with Crippen LogP contribution in [0.25, 0.3) is 0 Å². The molecule has 0 atom stereocenters. The quantitative estimate of drug-likeness (QED) is 0.657. The standard InChI is InChI=1S/C18H25N3O6S/c1-26-16-4-3-14(9-15(16)17(19)22)28(24,25)21-10-13(11-21)20-7-5-12(6-8-20)18(23)27-2/h3-4,9,12-13H,5-8,10-11H2,1-2H3,(H2,19,22). The van der Waals surface area contributed by atoms with E-state index in [-0.39, 0.29) is 34.1 Å². The Morgan fingerprint density at radius 3 is 2.32 bits per heavy atom. The van der Waals surface area contributed by atoms with Crippen LogP contribution in [0.5, 0.6) is 5.75 Å². The third-order valence-corrected chi connectivity index (χ3v) is 7.31. The highest BCUT2D eigenvalue weighted by Gasteiger charge is 2.41. The fourth-order valence-corrected chi connectivity index (χ4v) is 5.24. The third-order valence-electron chi connectivity index (χ3n) is 5.48. The molecule has 0 aromatic heterocycles. The number of nitrogens with two attached hydrogens (primary N) is 1. The number of hydrogen-bond acceptors (Lipinski definition) is 7. The molecule has 1 aromatic rings.